The topological polar surface area (TPSA) is 121 Å². The Morgan fingerprint density at radius 1 is 0.771 bits per heavy atom. The molecule has 0 amide bonds. The van der Waals surface area contributed by atoms with Crippen molar-refractivity contribution in [2.24, 2.45) is 0 Å². The summed E-state index contributed by atoms with van der Waals surface area (Å²) in [5.74, 6) is -0.676. The van der Waals surface area contributed by atoms with E-state index in [0.717, 1.165) is 11.1 Å². The maximum absolute atomic E-state index is 13.0. The smallest absolute Gasteiger partial charge is 0.259 e. The van der Waals surface area contributed by atoms with Gasteiger partial charge in [0.15, 0.2) is 19.7 Å². The van der Waals surface area contributed by atoms with Gasteiger partial charge in [0.1, 0.15) is 11.8 Å². The van der Waals surface area contributed by atoms with Crippen LogP contribution in [0.4, 0.5) is 0 Å². The Morgan fingerprint density at radius 3 is 1.71 bits per heavy atom. The number of hydrogen-bond acceptors (Lipinski definition) is 9. The summed E-state index contributed by atoms with van der Waals surface area (Å²) < 4.78 is 52.0. The second-order valence-corrected chi connectivity index (χ2v) is 13.6. The first kappa shape index (κ1) is 25.7. The van der Waals surface area contributed by atoms with E-state index >= 15 is 0 Å². The molecule has 2 atom stereocenters. The lowest BCUT2D eigenvalue weighted by molar-refractivity contribution is -0.574. The molecule has 2 aromatic rings. The summed E-state index contributed by atoms with van der Waals surface area (Å²) in [4.78, 5) is 17.3. The van der Waals surface area contributed by atoms with Crippen molar-refractivity contribution >= 4 is 19.7 Å². The van der Waals surface area contributed by atoms with Crippen LogP contribution in [0.25, 0.3) is 0 Å². The van der Waals surface area contributed by atoms with Gasteiger partial charge in [0.25, 0.3) is 5.54 Å². The Bertz CT molecular complexity index is 1220. The van der Waals surface area contributed by atoms with Gasteiger partial charge in [-0.2, -0.15) is 0 Å². The van der Waals surface area contributed by atoms with Crippen LogP contribution in [0.2, 0.25) is 0 Å². The monoisotopic (exact) mass is 522 g/mol. The summed E-state index contributed by atoms with van der Waals surface area (Å²) >= 11 is 0. The second-order valence-electron chi connectivity index (χ2n) is 9.67. The molecule has 2 fully saturated rings. The molecule has 0 saturated carbocycles. The minimum Gasteiger partial charge on any atom is -0.282 e. The van der Waals surface area contributed by atoms with E-state index in [0.29, 0.717) is 13.1 Å². The molecule has 10 nitrogen and oxygen atoms in total. The van der Waals surface area contributed by atoms with E-state index in [2.05, 4.69) is 0 Å². The molecule has 0 radical (unpaired) electrons. The van der Waals surface area contributed by atoms with Crippen molar-refractivity contribution in [3.8, 4) is 0 Å². The van der Waals surface area contributed by atoms with Gasteiger partial charge in [-0.05, 0) is 38.1 Å². The Hall–Kier alpha value is -2.38. The Kier molecular flexibility index (Phi) is 7.04. The van der Waals surface area contributed by atoms with Crippen molar-refractivity contribution in [3.05, 3.63) is 69.8 Å². The van der Waals surface area contributed by atoms with Crippen molar-refractivity contribution in [2.45, 2.75) is 29.2 Å². The first-order valence-electron chi connectivity index (χ1n) is 11.3. The molecule has 2 aromatic carbocycles. The van der Waals surface area contributed by atoms with Gasteiger partial charge in [-0.3, -0.25) is 24.8 Å². The molecule has 190 valence electrons. The first-order chi connectivity index (χ1) is 16.4. The number of sulfone groups is 2. The molecule has 1 unspecified atom stereocenters. The van der Waals surface area contributed by atoms with Gasteiger partial charge in [0, 0.05) is 18.0 Å². The highest BCUT2D eigenvalue weighted by molar-refractivity contribution is 7.91. The van der Waals surface area contributed by atoms with E-state index in [1.807, 2.05) is 18.7 Å². The number of rotatable bonds is 7. The molecule has 2 bridgehead atoms. The third-order valence-corrected chi connectivity index (χ3v) is 9.93. The summed E-state index contributed by atoms with van der Waals surface area (Å²) in [7, 11) is -7.37. The minimum absolute atomic E-state index is 0.0807. The van der Waals surface area contributed by atoms with Crippen LogP contribution in [-0.2, 0) is 19.7 Å². The van der Waals surface area contributed by atoms with E-state index in [-0.39, 0.29) is 52.8 Å². The van der Waals surface area contributed by atoms with Crippen LogP contribution in [0.5, 0.6) is 0 Å². The molecular weight excluding hydrogens is 492 g/mol. The van der Waals surface area contributed by atoms with Crippen LogP contribution in [0.1, 0.15) is 11.1 Å². The van der Waals surface area contributed by atoms with Gasteiger partial charge in [-0.1, -0.05) is 35.4 Å². The zero-order valence-electron chi connectivity index (χ0n) is 19.8. The van der Waals surface area contributed by atoms with Crippen LogP contribution in [0, 0.1) is 24.0 Å². The molecule has 0 N–H and O–H groups in total. The highest BCUT2D eigenvalue weighted by atomic mass is 32.2. The third-order valence-electron chi connectivity index (χ3n) is 6.54. The molecule has 2 heterocycles. The van der Waals surface area contributed by atoms with Gasteiger partial charge in [-0.25, -0.2) is 16.8 Å². The lowest BCUT2D eigenvalue weighted by atomic mass is 9.97. The molecule has 2 aliphatic heterocycles. The summed E-state index contributed by atoms with van der Waals surface area (Å²) in [6.45, 7) is 4.71. The Balaban J connectivity index is 1.54. The van der Waals surface area contributed by atoms with E-state index in [4.69, 9.17) is 0 Å². The molecule has 0 aromatic heterocycles. The summed E-state index contributed by atoms with van der Waals surface area (Å²) in [6, 6.07) is 13.1. The largest absolute Gasteiger partial charge is 0.282 e. The van der Waals surface area contributed by atoms with Gasteiger partial charge in [0.05, 0.1) is 36.1 Å². The SMILES string of the molecule is Cc1ccc(S(=O)(=O)CN2CCN3CN(CS(=O)(=O)c4ccc(C)cc4)C[C@]([N+](=O)[O-])(C3)C2)cc1. The number of nitro groups is 1. The number of benzene rings is 2. The lowest BCUT2D eigenvalue weighted by Gasteiger charge is -2.40. The highest BCUT2D eigenvalue weighted by Crippen LogP contribution is 2.27. The van der Waals surface area contributed by atoms with Crippen molar-refractivity contribution < 1.29 is 21.8 Å². The molecule has 2 aliphatic rings. The van der Waals surface area contributed by atoms with Gasteiger partial charge in [-0.15, -0.1) is 0 Å². The van der Waals surface area contributed by atoms with Crippen molar-refractivity contribution in [1.82, 2.24) is 14.7 Å². The number of fused-ring (bicyclic) bond motifs is 2. The standard InChI is InChI=1S/C23H30N4O6S2/c1-19-3-7-21(8-4-19)34(30,31)17-25-12-11-24-13-23(14-25,27(28)29)15-26(16-24)18-35(32,33)22-9-5-20(2)6-10-22/h3-10H,11-18H2,1-2H3/t23-/m0/s1. The zero-order valence-corrected chi connectivity index (χ0v) is 21.5. The fourth-order valence-electron chi connectivity index (χ4n) is 4.78. The summed E-state index contributed by atoms with van der Waals surface area (Å²) in [6.07, 6.45) is 0. The summed E-state index contributed by atoms with van der Waals surface area (Å²) in [5.41, 5.74) is 0.376. The van der Waals surface area contributed by atoms with Crippen LogP contribution < -0.4 is 0 Å². The molecular formula is C23H30N4O6S2. The van der Waals surface area contributed by atoms with Crippen molar-refractivity contribution in [1.29, 1.82) is 0 Å². The minimum atomic E-state index is -3.69. The van der Waals surface area contributed by atoms with E-state index in [1.165, 1.54) is 0 Å². The normalized spacial score (nSPS) is 24.1. The lowest BCUT2D eigenvalue weighted by Crippen LogP contribution is -2.65. The van der Waals surface area contributed by atoms with Crippen molar-refractivity contribution in [2.75, 3.05) is 51.1 Å². The molecule has 35 heavy (non-hydrogen) atoms. The average Bonchev–Trinajstić information content (AvgIpc) is 2.89. The zero-order chi connectivity index (χ0) is 25.4. The number of nitrogens with zero attached hydrogens (tertiary/aromatic N) is 4. The highest BCUT2D eigenvalue weighted by Gasteiger charge is 2.52. The number of hydrogen-bond donors (Lipinski definition) is 0. The third kappa shape index (κ3) is 5.72. The van der Waals surface area contributed by atoms with Gasteiger partial charge < -0.3 is 0 Å². The van der Waals surface area contributed by atoms with Crippen molar-refractivity contribution in [3.63, 3.8) is 0 Å². The predicted molar refractivity (Wildman–Crippen MR) is 131 cm³/mol. The maximum Gasteiger partial charge on any atom is 0.259 e. The predicted octanol–water partition coefficient (Wildman–Crippen LogP) is 1.37. The molecule has 0 aliphatic carbocycles. The Labute approximate surface area is 206 Å². The average molecular weight is 523 g/mol. The fraction of sp³-hybridized carbons (Fsp3) is 0.478. The second kappa shape index (κ2) is 9.58. The van der Waals surface area contributed by atoms with Gasteiger partial charge >= 0.3 is 0 Å². The van der Waals surface area contributed by atoms with E-state index in [1.54, 1.807) is 58.3 Å². The van der Waals surface area contributed by atoms with Crippen LogP contribution in [-0.4, -0.2) is 93.1 Å². The Morgan fingerprint density at radius 2 is 1.23 bits per heavy atom. The van der Waals surface area contributed by atoms with Crippen LogP contribution in [0.3, 0.4) is 0 Å². The van der Waals surface area contributed by atoms with Crippen LogP contribution >= 0.6 is 0 Å². The molecule has 12 heteroatoms. The van der Waals surface area contributed by atoms with E-state index in [9.17, 15) is 26.9 Å². The van der Waals surface area contributed by atoms with E-state index < -0.39 is 25.2 Å². The molecule has 0 spiro atoms. The molecule has 2 saturated heterocycles. The first-order valence-corrected chi connectivity index (χ1v) is 14.6. The quantitative estimate of drug-likeness (QED) is 0.392. The van der Waals surface area contributed by atoms with Gasteiger partial charge in [0.2, 0.25) is 0 Å². The molecule has 4 rings (SSSR count). The maximum atomic E-state index is 13.0. The van der Waals surface area contributed by atoms with Crippen LogP contribution in [0.15, 0.2) is 58.3 Å². The summed E-state index contributed by atoms with van der Waals surface area (Å²) in [5, 5.41) is 12.3. The fourth-order valence-corrected chi connectivity index (χ4v) is 7.54. The number of aryl methyl sites for hydroxylation is 2.